The minimum Gasteiger partial charge on any atom is -0.497 e. The summed E-state index contributed by atoms with van der Waals surface area (Å²) in [4.78, 5) is 16.7. The number of piperazine rings is 1. The van der Waals surface area contributed by atoms with Crippen LogP contribution in [-0.4, -0.2) is 64.3 Å². The SMILES string of the molecule is COc1ccc(N2CCN(C(=O)CNCCc3ccccc3OC)CC2)cc1. The van der Waals surface area contributed by atoms with Crippen LogP contribution in [0.2, 0.25) is 0 Å². The second-order valence-electron chi connectivity index (χ2n) is 6.80. The fourth-order valence-electron chi connectivity index (χ4n) is 3.45. The molecule has 1 N–H and O–H groups in total. The lowest BCUT2D eigenvalue weighted by Gasteiger charge is -2.36. The van der Waals surface area contributed by atoms with Gasteiger partial charge in [0.15, 0.2) is 0 Å². The lowest BCUT2D eigenvalue weighted by molar-refractivity contribution is -0.130. The molecule has 2 aromatic rings. The molecule has 0 unspecified atom stereocenters. The van der Waals surface area contributed by atoms with Gasteiger partial charge in [-0.2, -0.15) is 0 Å². The number of para-hydroxylation sites is 1. The Bertz CT molecular complexity index is 756. The van der Waals surface area contributed by atoms with Crippen LogP contribution in [0.15, 0.2) is 48.5 Å². The van der Waals surface area contributed by atoms with Gasteiger partial charge < -0.3 is 24.6 Å². The summed E-state index contributed by atoms with van der Waals surface area (Å²) >= 11 is 0. The molecule has 0 saturated carbocycles. The number of nitrogens with zero attached hydrogens (tertiary/aromatic N) is 2. The van der Waals surface area contributed by atoms with Crippen molar-refractivity contribution < 1.29 is 14.3 Å². The van der Waals surface area contributed by atoms with Gasteiger partial charge in [-0.1, -0.05) is 18.2 Å². The molecule has 28 heavy (non-hydrogen) atoms. The number of ether oxygens (including phenoxy) is 2. The normalized spacial score (nSPS) is 14.1. The highest BCUT2D eigenvalue weighted by molar-refractivity contribution is 5.78. The van der Waals surface area contributed by atoms with Crippen LogP contribution in [0.4, 0.5) is 5.69 Å². The smallest absolute Gasteiger partial charge is 0.236 e. The van der Waals surface area contributed by atoms with E-state index in [1.807, 2.05) is 35.2 Å². The second kappa shape index (κ2) is 9.99. The number of nitrogens with one attached hydrogen (secondary N) is 1. The molecule has 0 radical (unpaired) electrons. The van der Waals surface area contributed by atoms with Crippen LogP contribution in [0.5, 0.6) is 11.5 Å². The van der Waals surface area contributed by atoms with E-state index >= 15 is 0 Å². The van der Waals surface area contributed by atoms with Gasteiger partial charge in [0.1, 0.15) is 11.5 Å². The Labute approximate surface area is 167 Å². The third-order valence-corrected chi connectivity index (χ3v) is 5.11. The summed E-state index contributed by atoms with van der Waals surface area (Å²) in [5, 5.41) is 3.26. The number of amides is 1. The minimum atomic E-state index is 0.161. The van der Waals surface area contributed by atoms with Crippen LogP contribution < -0.4 is 19.7 Å². The van der Waals surface area contributed by atoms with E-state index in [1.165, 1.54) is 5.69 Å². The molecular formula is C22H29N3O3. The van der Waals surface area contributed by atoms with Gasteiger partial charge in [0.05, 0.1) is 20.8 Å². The van der Waals surface area contributed by atoms with E-state index in [1.54, 1.807) is 14.2 Å². The van der Waals surface area contributed by atoms with Crippen LogP contribution in [0.25, 0.3) is 0 Å². The fourth-order valence-corrected chi connectivity index (χ4v) is 3.45. The summed E-state index contributed by atoms with van der Waals surface area (Å²) < 4.78 is 10.6. The first-order valence-electron chi connectivity index (χ1n) is 9.70. The molecule has 1 aliphatic rings. The maximum atomic E-state index is 12.5. The summed E-state index contributed by atoms with van der Waals surface area (Å²) in [6.07, 6.45) is 0.836. The summed E-state index contributed by atoms with van der Waals surface area (Å²) in [7, 11) is 3.35. The van der Waals surface area contributed by atoms with Crippen molar-refractivity contribution in [3.63, 3.8) is 0 Å². The Hall–Kier alpha value is -2.73. The molecule has 1 heterocycles. The summed E-state index contributed by atoms with van der Waals surface area (Å²) in [5.41, 5.74) is 2.32. The van der Waals surface area contributed by atoms with Crippen molar-refractivity contribution in [3.05, 3.63) is 54.1 Å². The van der Waals surface area contributed by atoms with Crippen molar-refractivity contribution in [1.82, 2.24) is 10.2 Å². The fraction of sp³-hybridized carbons (Fsp3) is 0.409. The van der Waals surface area contributed by atoms with Crippen LogP contribution in [0, 0.1) is 0 Å². The van der Waals surface area contributed by atoms with Crippen LogP contribution in [0.1, 0.15) is 5.56 Å². The van der Waals surface area contributed by atoms with Gasteiger partial charge in [0.2, 0.25) is 5.91 Å². The van der Waals surface area contributed by atoms with E-state index in [9.17, 15) is 4.79 Å². The maximum Gasteiger partial charge on any atom is 0.236 e. The van der Waals surface area contributed by atoms with E-state index in [2.05, 4.69) is 28.4 Å². The topological polar surface area (TPSA) is 54.0 Å². The minimum absolute atomic E-state index is 0.161. The van der Waals surface area contributed by atoms with E-state index in [-0.39, 0.29) is 5.91 Å². The lowest BCUT2D eigenvalue weighted by atomic mass is 10.1. The van der Waals surface area contributed by atoms with Gasteiger partial charge in [-0.15, -0.1) is 0 Å². The Balaban J connectivity index is 1.39. The molecule has 2 aromatic carbocycles. The van der Waals surface area contributed by atoms with Gasteiger partial charge in [0.25, 0.3) is 0 Å². The zero-order valence-electron chi connectivity index (χ0n) is 16.7. The number of methoxy groups -OCH3 is 2. The molecule has 0 aromatic heterocycles. The van der Waals surface area contributed by atoms with E-state index in [0.29, 0.717) is 6.54 Å². The highest BCUT2D eigenvalue weighted by Gasteiger charge is 2.20. The second-order valence-corrected chi connectivity index (χ2v) is 6.80. The van der Waals surface area contributed by atoms with Gasteiger partial charge >= 0.3 is 0 Å². The van der Waals surface area contributed by atoms with Crippen molar-refractivity contribution in [2.45, 2.75) is 6.42 Å². The Morgan fingerprint density at radius 2 is 1.68 bits per heavy atom. The summed E-state index contributed by atoms with van der Waals surface area (Å²) in [5.74, 6) is 1.91. The van der Waals surface area contributed by atoms with Crippen molar-refractivity contribution in [2.75, 3.05) is 58.4 Å². The number of anilines is 1. The number of hydrogen-bond acceptors (Lipinski definition) is 5. The molecular weight excluding hydrogens is 354 g/mol. The van der Waals surface area contributed by atoms with Crippen LogP contribution in [0.3, 0.4) is 0 Å². The summed E-state index contributed by atoms with van der Waals surface area (Å²) in [6.45, 7) is 4.31. The van der Waals surface area contributed by atoms with E-state index in [0.717, 1.165) is 56.2 Å². The van der Waals surface area contributed by atoms with Crippen molar-refractivity contribution in [3.8, 4) is 11.5 Å². The largest absolute Gasteiger partial charge is 0.497 e. The highest BCUT2D eigenvalue weighted by atomic mass is 16.5. The lowest BCUT2D eigenvalue weighted by Crippen LogP contribution is -2.51. The molecule has 0 bridgehead atoms. The molecule has 0 spiro atoms. The third-order valence-electron chi connectivity index (χ3n) is 5.11. The van der Waals surface area contributed by atoms with E-state index in [4.69, 9.17) is 9.47 Å². The number of benzene rings is 2. The predicted octanol–water partition coefficient (Wildman–Crippen LogP) is 2.18. The number of rotatable bonds is 8. The van der Waals surface area contributed by atoms with Gasteiger partial charge in [-0.25, -0.2) is 0 Å². The molecule has 1 amide bonds. The molecule has 150 valence electrons. The molecule has 6 heteroatoms. The first-order chi connectivity index (χ1) is 13.7. The molecule has 3 rings (SSSR count). The first-order valence-corrected chi connectivity index (χ1v) is 9.70. The van der Waals surface area contributed by atoms with Crippen molar-refractivity contribution in [2.24, 2.45) is 0 Å². The van der Waals surface area contributed by atoms with Crippen molar-refractivity contribution in [1.29, 1.82) is 0 Å². The quantitative estimate of drug-likeness (QED) is 0.708. The standard InChI is InChI=1S/C22H29N3O3/c1-27-20-9-7-19(8-10-20)24-13-15-25(16-14-24)22(26)17-23-12-11-18-5-3-4-6-21(18)28-2/h3-10,23H,11-17H2,1-2H3. The number of carbonyl (C=O) groups excluding carboxylic acids is 1. The molecule has 1 saturated heterocycles. The molecule has 0 aliphatic carbocycles. The van der Waals surface area contributed by atoms with Crippen LogP contribution >= 0.6 is 0 Å². The monoisotopic (exact) mass is 383 g/mol. The van der Waals surface area contributed by atoms with Gasteiger partial charge in [0, 0.05) is 31.9 Å². The average Bonchev–Trinajstić information content (AvgIpc) is 2.77. The molecule has 1 aliphatic heterocycles. The Morgan fingerprint density at radius 3 is 2.36 bits per heavy atom. The Kier molecular flexibility index (Phi) is 7.14. The zero-order valence-corrected chi connectivity index (χ0v) is 16.7. The van der Waals surface area contributed by atoms with E-state index < -0.39 is 0 Å². The third kappa shape index (κ3) is 5.16. The van der Waals surface area contributed by atoms with Crippen molar-refractivity contribution >= 4 is 11.6 Å². The predicted molar refractivity (Wildman–Crippen MR) is 111 cm³/mol. The molecule has 1 fully saturated rings. The number of hydrogen-bond donors (Lipinski definition) is 1. The highest BCUT2D eigenvalue weighted by Crippen LogP contribution is 2.20. The van der Waals surface area contributed by atoms with Crippen LogP contribution in [-0.2, 0) is 11.2 Å². The maximum absolute atomic E-state index is 12.5. The average molecular weight is 383 g/mol. The Morgan fingerprint density at radius 1 is 0.964 bits per heavy atom. The first kappa shape index (κ1) is 20.0. The molecule has 6 nitrogen and oxygen atoms in total. The number of carbonyl (C=O) groups is 1. The summed E-state index contributed by atoms with van der Waals surface area (Å²) in [6, 6.07) is 16.1. The van der Waals surface area contributed by atoms with Gasteiger partial charge in [-0.3, -0.25) is 4.79 Å². The molecule has 0 atom stereocenters. The van der Waals surface area contributed by atoms with Gasteiger partial charge in [-0.05, 0) is 48.9 Å². The zero-order chi connectivity index (χ0) is 19.8.